The van der Waals surface area contributed by atoms with Crippen molar-refractivity contribution in [3.05, 3.63) is 35.4 Å². The van der Waals surface area contributed by atoms with Crippen LogP contribution >= 0.6 is 0 Å². The summed E-state index contributed by atoms with van der Waals surface area (Å²) < 4.78 is 0. The molecule has 1 heterocycles. The fourth-order valence-corrected chi connectivity index (χ4v) is 3.20. The van der Waals surface area contributed by atoms with Gasteiger partial charge in [0.15, 0.2) is 5.78 Å². The van der Waals surface area contributed by atoms with Gasteiger partial charge in [0.05, 0.1) is 0 Å². The Bertz CT molecular complexity index is 641. The van der Waals surface area contributed by atoms with Crippen LogP contribution in [0.2, 0.25) is 0 Å². The third-order valence-corrected chi connectivity index (χ3v) is 5.08. The molecule has 0 aromatic heterocycles. The highest BCUT2D eigenvalue weighted by atomic mass is 16.2. The third kappa shape index (κ3) is 4.91. The molecule has 1 aromatic rings. The molecule has 0 atom stereocenters. The highest BCUT2D eigenvalue weighted by Gasteiger charge is 2.32. The lowest BCUT2D eigenvalue weighted by Gasteiger charge is -2.32. The van der Waals surface area contributed by atoms with Crippen LogP contribution in [0.5, 0.6) is 0 Å². The van der Waals surface area contributed by atoms with Crippen LogP contribution in [-0.2, 0) is 9.59 Å². The molecule has 2 fully saturated rings. The van der Waals surface area contributed by atoms with Crippen molar-refractivity contribution in [1.82, 2.24) is 10.2 Å². The molecule has 2 amide bonds. The van der Waals surface area contributed by atoms with Gasteiger partial charge < -0.3 is 10.2 Å². The van der Waals surface area contributed by atoms with Crippen molar-refractivity contribution in [2.45, 2.75) is 51.5 Å². The van der Waals surface area contributed by atoms with Crippen molar-refractivity contribution < 1.29 is 14.4 Å². The van der Waals surface area contributed by atoms with E-state index in [1.165, 1.54) is 0 Å². The Balaban J connectivity index is 1.39. The standard InChI is InChI=1S/C20H26N2O3/c1-14-2-4-15(5-3-14)18(23)8-9-19(24)22-12-10-17(11-13-22)21-20(25)16-6-7-16/h2-5,16-17H,6-13H2,1H3,(H,21,25). The Morgan fingerprint density at radius 1 is 1.00 bits per heavy atom. The highest BCUT2D eigenvalue weighted by molar-refractivity contribution is 5.98. The topological polar surface area (TPSA) is 66.5 Å². The largest absolute Gasteiger partial charge is 0.353 e. The molecule has 5 heteroatoms. The van der Waals surface area contributed by atoms with Crippen LogP contribution in [0.3, 0.4) is 0 Å². The van der Waals surface area contributed by atoms with E-state index >= 15 is 0 Å². The summed E-state index contributed by atoms with van der Waals surface area (Å²) in [5.74, 6) is 0.452. The summed E-state index contributed by atoms with van der Waals surface area (Å²) in [7, 11) is 0. The average Bonchev–Trinajstić information content (AvgIpc) is 3.46. The van der Waals surface area contributed by atoms with Crippen LogP contribution in [0.25, 0.3) is 0 Å². The van der Waals surface area contributed by atoms with E-state index in [1.54, 1.807) is 0 Å². The van der Waals surface area contributed by atoms with E-state index < -0.39 is 0 Å². The lowest BCUT2D eigenvalue weighted by molar-refractivity contribution is -0.132. The van der Waals surface area contributed by atoms with Crippen molar-refractivity contribution in [3.8, 4) is 0 Å². The summed E-state index contributed by atoms with van der Waals surface area (Å²) >= 11 is 0. The number of aryl methyl sites for hydroxylation is 1. The van der Waals surface area contributed by atoms with Gasteiger partial charge in [-0.05, 0) is 32.6 Å². The van der Waals surface area contributed by atoms with Crippen LogP contribution < -0.4 is 5.32 Å². The summed E-state index contributed by atoms with van der Waals surface area (Å²) in [6.45, 7) is 3.30. The van der Waals surface area contributed by atoms with Gasteiger partial charge in [0.1, 0.15) is 0 Å². The Morgan fingerprint density at radius 2 is 1.64 bits per heavy atom. The van der Waals surface area contributed by atoms with Gasteiger partial charge >= 0.3 is 0 Å². The van der Waals surface area contributed by atoms with Gasteiger partial charge in [-0.25, -0.2) is 0 Å². The number of carbonyl (C=O) groups is 3. The van der Waals surface area contributed by atoms with Crippen molar-refractivity contribution in [2.75, 3.05) is 13.1 Å². The molecule has 0 unspecified atom stereocenters. The van der Waals surface area contributed by atoms with Gasteiger partial charge in [0.2, 0.25) is 11.8 Å². The smallest absolute Gasteiger partial charge is 0.223 e. The number of piperidine rings is 1. The maximum Gasteiger partial charge on any atom is 0.223 e. The number of amides is 2. The molecule has 1 N–H and O–H groups in total. The fourth-order valence-electron chi connectivity index (χ4n) is 3.20. The van der Waals surface area contributed by atoms with Gasteiger partial charge in [-0.2, -0.15) is 0 Å². The summed E-state index contributed by atoms with van der Waals surface area (Å²) in [5, 5.41) is 3.09. The van der Waals surface area contributed by atoms with Gasteiger partial charge in [0, 0.05) is 43.5 Å². The lowest BCUT2D eigenvalue weighted by Crippen LogP contribution is -2.46. The van der Waals surface area contributed by atoms with Crippen molar-refractivity contribution in [3.63, 3.8) is 0 Å². The molecule has 2 aliphatic rings. The van der Waals surface area contributed by atoms with Crippen LogP contribution in [0.4, 0.5) is 0 Å². The predicted octanol–water partition coefficient (Wildman–Crippen LogP) is 2.48. The SMILES string of the molecule is Cc1ccc(C(=O)CCC(=O)N2CCC(NC(=O)C3CC3)CC2)cc1. The molecule has 1 saturated heterocycles. The number of likely N-dealkylation sites (tertiary alicyclic amines) is 1. The van der Waals surface area contributed by atoms with E-state index in [-0.39, 0.29) is 42.4 Å². The molecule has 1 saturated carbocycles. The van der Waals surface area contributed by atoms with Crippen LogP contribution in [0, 0.1) is 12.8 Å². The minimum Gasteiger partial charge on any atom is -0.353 e. The number of Topliss-reactive ketones (excluding diaryl/α,β-unsaturated/α-hetero) is 1. The second-order valence-electron chi connectivity index (χ2n) is 7.23. The summed E-state index contributed by atoms with van der Waals surface area (Å²) in [4.78, 5) is 38.1. The Labute approximate surface area is 148 Å². The monoisotopic (exact) mass is 342 g/mol. The molecule has 0 bridgehead atoms. The first-order valence-electron chi connectivity index (χ1n) is 9.21. The van der Waals surface area contributed by atoms with Crippen molar-refractivity contribution in [2.24, 2.45) is 5.92 Å². The van der Waals surface area contributed by atoms with Crippen molar-refractivity contribution in [1.29, 1.82) is 0 Å². The average molecular weight is 342 g/mol. The summed E-state index contributed by atoms with van der Waals surface area (Å²) in [6, 6.07) is 7.64. The van der Waals surface area contributed by atoms with E-state index in [0.29, 0.717) is 18.7 Å². The number of nitrogens with one attached hydrogen (secondary N) is 1. The normalized spacial score (nSPS) is 18.0. The summed E-state index contributed by atoms with van der Waals surface area (Å²) in [5.41, 5.74) is 1.78. The number of benzene rings is 1. The molecule has 5 nitrogen and oxygen atoms in total. The Morgan fingerprint density at radius 3 is 2.24 bits per heavy atom. The molecule has 1 aliphatic carbocycles. The molecule has 3 rings (SSSR count). The molecule has 0 spiro atoms. The first-order valence-corrected chi connectivity index (χ1v) is 9.21. The second kappa shape index (κ2) is 7.81. The quantitative estimate of drug-likeness (QED) is 0.808. The second-order valence-corrected chi connectivity index (χ2v) is 7.23. The van der Waals surface area contributed by atoms with Crippen LogP contribution in [-0.4, -0.2) is 41.6 Å². The number of ketones is 1. The van der Waals surface area contributed by atoms with Crippen LogP contribution in [0.15, 0.2) is 24.3 Å². The number of carbonyl (C=O) groups excluding carboxylic acids is 3. The summed E-state index contributed by atoms with van der Waals surface area (Å²) in [6.07, 6.45) is 4.13. The van der Waals surface area contributed by atoms with Crippen LogP contribution in [0.1, 0.15) is 54.4 Å². The first kappa shape index (κ1) is 17.6. The maximum atomic E-state index is 12.3. The number of hydrogen-bond donors (Lipinski definition) is 1. The molecular formula is C20H26N2O3. The molecular weight excluding hydrogens is 316 g/mol. The van der Waals surface area contributed by atoms with Gasteiger partial charge in [0.25, 0.3) is 0 Å². The third-order valence-electron chi connectivity index (χ3n) is 5.08. The molecule has 1 aliphatic heterocycles. The first-order chi connectivity index (χ1) is 12.0. The molecule has 25 heavy (non-hydrogen) atoms. The zero-order valence-corrected chi connectivity index (χ0v) is 14.8. The van der Waals surface area contributed by atoms with Gasteiger partial charge in [-0.15, -0.1) is 0 Å². The molecule has 1 aromatic carbocycles. The van der Waals surface area contributed by atoms with Gasteiger partial charge in [-0.3, -0.25) is 14.4 Å². The number of hydrogen-bond acceptors (Lipinski definition) is 3. The predicted molar refractivity (Wildman–Crippen MR) is 95.2 cm³/mol. The lowest BCUT2D eigenvalue weighted by atomic mass is 10.0. The Hall–Kier alpha value is -2.17. The fraction of sp³-hybridized carbons (Fsp3) is 0.550. The van der Waals surface area contributed by atoms with E-state index in [2.05, 4.69) is 5.32 Å². The maximum absolute atomic E-state index is 12.3. The minimum absolute atomic E-state index is 0.0138. The van der Waals surface area contributed by atoms with Gasteiger partial charge in [-0.1, -0.05) is 29.8 Å². The Kier molecular flexibility index (Phi) is 5.51. The van der Waals surface area contributed by atoms with E-state index in [9.17, 15) is 14.4 Å². The molecule has 0 radical (unpaired) electrons. The van der Waals surface area contributed by atoms with E-state index in [4.69, 9.17) is 0 Å². The number of rotatable bonds is 6. The highest BCUT2D eigenvalue weighted by Crippen LogP contribution is 2.29. The number of nitrogens with zero attached hydrogens (tertiary/aromatic N) is 1. The van der Waals surface area contributed by atoms with E-state index in [1.807, 2.05) is 36.1 Å². The zero-order valence-electron chi connectivity index (χ0n) is 14.8. The zero-order chi connectivity index (χ0) is 17.8. The minimum atomic E-state index is 0.0138. The van der Waals surface area contributed by atoms with E-state index in [0.717, 1.165) is 31.2 Å². The van der Waals surface area contributed by atoms with Crippen molar-refractivity contribution >= 4 is 17.6 Å². The molecule has 134 valence electrons.